The fourth-order valence-corrected chi connectivity index (χ4v) is 2.01. The van der Waals surface area contributed by atoms with Crippen LogP contribution in [0.25, 0.3) is 0 Å². The molecule has 0 bridgehead atoms. The first-order valence-corrected chi connectivity index (χ1v) is 7.28. The molecule has 1 amide bonds. The Kier molecular flexibility index (Phi) is 5.71. The summed E-state index contributed by atoms with van der Waals surface area (Å²) in [4.78, 5) is 23.7. The van der Waals surface area contributed by atoms with Gasteiger partial charge in [-0.2, -0.15) is 13.2 Å². The number of esters is 1. The molecule has 26 heavy (non-hydrogen) atoms. The number of anilines is 2. The van der Waals surface area contributed by atoms with Gasteiger partial charge in [0.1, 0.15) is 5.75 Å². The molecule has 9 heteroatoms. The summed E-state index contributed by atoms with van der Waals surface area (Å²) in [7, 11) is 1.50. The molecule has 0 aliphatic rings. The third-order valence-electron chi connectivity index (χ3n) is 3.31. The summed E-state index contributed by atoms with van der Waals surface area (Å²) in [6.07, 6.45) is -4.57. The van der Waals surface area contributed by atoms with Crippen LogP contribution in [-0.2, 0) is 15.7 Å². The smallest absolute Gasteiger partial charge is 0.416 e. The summed E-state index contributed by atoms with van der Waals surface area (Å²) in [6.45, 7) is -0.620. The topological polar surface area (TPSA) is 90.6 Å². The molecule has 2 rings (SSSR count). The van der Waals surface area contributed by atoms with E-state index in [-0.39, 0.29) is 11.3 Å². The van der Waals surface area contributed by atoms with Gasteiger partial charge in [0, 0.05) is 11.4 Å². The second-order valence-electron chi connectivity index (χ2n) is 5.15. The van der Waals surface area contributed by atoms with Crippen molar-refractivity contribution in [1.29, 1.82) is 0 Å². The molecule has 0 spiro atoms. The number of methoxy groups -OCH3 is 1. The van der Waals surface area contributed by atoms with Gasteiger partial charge in [0.05, 0.1) is 18.2 Å². The monoisotopic (exact) mass is 368 g/mol. The third-order valence-corrected chi connectivity index (χ3v) is 3.31. The fourth-order valence-electron chi connectivity index (χ4n) is 2.01. The van der Waals surface area contributed by atoms with Crippen molar-refractivity contribution in [3.05, 3.63) is 53.6 Å². The molecule has 2 aromatic carbocycles. The number of ether oxygens (including phenoxy) is 2. The van der Waals surface area contributed by atoms with Crippen LogP contribution < -0.4 is 15.8 Å². The van der Waals surface area contributed by atoms with Crippen molar-refractivity contribution < 1.29 is 32.2 Å². The van der Waals surface area contributed by atoms with Crippen LogP contribution in [0, 0.1) is 0 Å². The van der Waals surface area contributed by atoms with E-state index in [4.69, 9.17) is 15.2 Å². The summed E-state index contributed by atoms with van der Waals surface area (Å²) in [5.41, 5.74) is 4.30. The van der Waals surface area contributed by atoms with Crippen molar-refractivity contribution in [1.82, 2.24) is 0 Å². The Morgan fingerprint density at radius 2 is 1.77 bits per heavy atom. The Bertz CT molecular complexity index is 805. The average molecular weight is 368 g/mol. The second-order valence-corrected chi connectivity index (χ2v) is 5.15. The van der Waals surface area contributed by atoms with Crippen LogP contribution in [0.2, 0.25) is 0 Å². The summed E-state index contributed by atoms with van der Waals surface area (Å²) >= 11 is 0. The number of benzene rings is 2. The van der Waals surface area contributed by atoms with Gasteiger partial charge in [-0.25, -0.2) is 4.79 Å². The normalized spacial score (nSPS) is 10.9. The van der Waals surface area contributed by atoms with Crippen LogP contribution in [0.5, 0.6) is 5.75 Å². The van der Waals surface area contributed by atoms with Gasteiger partial charge in [-0.3, -0.25) is 4.79 Å². The van der Waals surface area contributed by atoms with Crippen molar-refractivity contribution >= 4 is 23.3 Å². The van der Waals surface area contributed by atoms with Gasteiger partial charge in [0.15, 0.2) is 6.61 Å². The summed E-state index contributed by atoms with van der Waals surface area (Å²) < 4.78 is 47.5. The lowest BCUT2D eigenvalue weighted by atomic mass is 10.1. The number of carbonyl (C=O) groups excluding carboxylic acids is 2. The van der Waals surface area contributed by atoms with Gasteiger partial charge < -0.3 is 20.5 Å². The highest BCUT2D eigenvalue weighted by Crippen LogP contribution is 2.31. The molecule has 0 aliphatic heterocycles. The molecule has 0 heterocycles. The van der Waals surface area contributed by atoms with Gasteiger partial charge in [-0.15, -0.1) is 0 Å². The minimum atomic E-state index is -4.57. The lowest BCUT2D eigenvalue weighted by molar-refractivity contribution is -0.137. The zero-order chi connectivity index (χ0) is 19.3. The number of nitrogen functional groups attached to an aromatic ring is 1. The first kappa shape index (κ1) is 19.1. The van der Waals surface area contributed by atoms with E-state index in [9.17, 15) is 22.8 Å². The number of hydrogen-bond donors (Lipinski definition) is 2. The van der Waals surface area contributed by atoms with Crippen LogP contribution in [0.3, 0.4) is 0 Å². The quantitative estimate of drug-likeness (QED) is 0.625. The molecule has 0 fully saturated rings. The number of carbonyl (C=O) groups is 2. The highest BCUT2D eigenvalue weighted by atomic mass is 19.4. The van der Waals surface area contributed by atoms with E-state index in [0.717, 1.165) is 6.07 Å². The van der Waals surface area contributed by atoms with Gasteiger partial charge in [0.25, 0.3) is 5.91 Å². The first-order valence-electron chi connectivity index (χ1n) is 7.28. The predicted molar refractivity (Wildman–Crippen MR) is 87.8 cm³/mol. The molecule has 138 valence electrons. The molecule has 3 N–H and O–H groups in total. The minimum absolute atomic E-state index is 0.254. The number of nitrogens with one attached hydrogen (secondary N) is 1. The molecule has 0 saturated carbocycles. The highest BCUT2D eigenvalue weighted by Gasteiger charge is 2.31. The number of hydrogen-bond acceptors (Lipinski definition) is 5. The molecule has 2 aromatic rings. The summed E-state index contributed by atoms with van der Waals surface area (Å²) in [5, 5.41) is 2.49. The van der Waals surface area contributed by atoms with Crippen LogP contribution in [0.15, 0.2) is 42.5 Å². The first-order chi connectivity index (χ1) is 12.2. The molecule has 0 aliphatic carbocycles. The van der Waals surface area contributed by atoms with Gasteiger partial charge in [-0.05, 0) is 42.5 Å². The van der Waals surface area contributed by atoms with Crippen LogP contribution in [0.1, 0.15) is 15.9 Å². The van der Waals surface area contributed by atoms with E-state index < -0.39 is 30.2 Å². The Labute approximate surface area is 146 Å². The van der Waals surface area contributed by atoms with E-state index in [0.29, 0.717) is 23.6 Å². The Hall–Kier alpha value is -3.23. The van der Waals surface area contributed by atoms with Crippen molar-refractivity contribution in [3.63, 3.8) is 0 Å². The van der Waals surface area contributed by atoms with Crippen LogP contribution in [-0.4, -0.2) is 25.6 Å². The number of alkyl halides is 3. The van der Waals surface area contributed by atoms with Gasteiger partial charge >= 0.3 is 12.1 Å². The van der Waals surface area contributed by atoms with Crippen molar-refractivity contribution in [2.75, 3.05) is 24.8 Å². The lowest BCUT2D eigenvalue weighted by Gasteiger charge is -2.11. The van der Waals surface area contributed by atoms with Crippen LogP contribution >= 0.6 is 0 Å². The standard InChI is InChI=1S/C17H15F3N2O4/c1-25-12-5-3-11(4-6-12)22-15(23)9-26-16(24)13-7-2-10(8-14(13)21)17(18,19)20/h2-8H,9,21H2,1H3,(H,22,23). The number of rotatable bonds is 5. The molecule has 0 unspecified atom stereocenters. The zero-order valence-electron chi connectivity index (χ0n) is 13.6. The molecular weight excluding hydrogens is 353 g/mol. The fraction of sp³-hybridized carbons (Fsp3) is 0.176. The van der Waals surface area contributed by atoms with Crippen molar-refractivity contribution in [2.24, 2.45) is 0 Å². The minimum Gasteiger partial charge on any atom is -0.497 e. The number of halogens is 3. The lowest BCUT2D eigenvalue weighted by Crippen LogP contribution is -2.21. The van der Waals surface area contributed by atoms with E-state index in [1.807, 2.05) is 0 Å². The van der Waals surface area contributed by atoms with Crippen molar-refractivity contribution in [2.45, 2.75) is 6.18 Å². The molecular formula is C17H15F3N2O4. The van der Waals surface area contributed by atoms with Gasteiger partial charge in [-0.1, -0.05) is 0 Å². The molecule has 0 saturated heterocycles. The summed E-state index contributed by atoms with van der Waals surface area (Å²) in [6, 6.07) is 8.69. The highest BCUT2D eigenvalue weighted by molar-refractivity contribution is 5.98. The van der Waals surface area contributed by atoms with Crippen LogP contribution in [0.4, 0.5) is 24.5 Å². The Balaban J connectivity index is 1.94. The SMILES string of the molecule is COc1ccc(NC(=O)COC(=O)c2ccc(C(F)(F)F)cc2N)cc1. The molecule has 0 aromatic heterocycles. The molecule has 6 nitrogen and oxygen atoms in total. The maximum absolute atomic E-state index is 12.6. The van der Waals surface area contributed by atoms with E-state index >= 15 is 0 Å². The Morgan fingerprint density at radius 1 is 1.12 bits per heavy atom. The maximum Gasteiger partial charge on any atom is 0.416 e. The second kappa shape index (κ2) is 7.77. The maximum atomic E-state index is 12.6. The molecule has 0 atom stereocenters. The van der Waals surface area contributed by atoms with E-state index in [1.54, 1.807) is 24.3 Å². The zero-order valence-corrected chi connectivity index (χ0v) is 13.6. The molecule has 0 radical (unpaired) electrons. The largest absolute Gasteiger partial charge is 0.497 e. The van der Waals surface area contributed by atoms with E-state index in [2.05, 4.69) is 5.32 Å². The summed E-state index contributed by atoms with van der Waals surface area (Å²) in [5.74, 6) is -1.01. The average Bonchev–Trinajstić information content (AvgIpc) is 2.59. The predicted octanol–water partition coefficient (Wildman–Crippen LogP) is 3.09. The third kappa shape index (κ3) is 4.88. The number of amides is 1. The van der Waals surface area contributed by atoms with Crippen molar-refractivity contribution in [3.8, 4) is 5.75 Å². The Morgan fingerprint density at radius 3 is 2.31 bits per heavy atom. The number of nitrogens with two attached hydrogens (primary N) is 1. The van der Waals surface area contributed by atoms with Gasteiger partial charge in [0.2, 0.25) is 0 Å². The van der Waals surface area contributed by atoms with E-state index in [1.165, 1.54) is 7.11 Å².